The normalized spacial score (nSPS) is 24.3. The Hall–Kier alpha value is -2.69. The minimum Gasteiger partial charge on any atom is -0.325 e. The first-order valence-corrected chi connectivity index (χ1v) is 9.86. The van der Waals surface area contributed by atoms with Crippen molar-refractivity contribution in [2.24, 2.45) is 5.92 Å². The quantitative estimate of drug-likeness (QED) is 0.553. The van der Waals surface area contributed by atoms with E-state index in [9.17, 15) is 14.0 Å². The van der Waals surface area contributed by atoms with E-state index in [0.29, 0.717) is 21.8 Å². The van der Waals surface area contributed by atoms with Gasteiger partial charge in [0, 0.05) is 28.1 Å². The molecule has 1 saturated carbocycles. The monoisotopic (exact) mass is 425 g/mol. The standard InChI is InChI=1S/C23H14Cl2FNO2/c24-13-9-10-15-17(11-13)27-22(29)23(15)18(14-7-4-8-16(25)20(14)26)19(23)21(28)12-5-2-1-3-6-12/h1-11,18-19H,(H,27,29)/t18-,19+,23-/m0/s1. The fourth-order valence-electron chi connectivity index (χ4n) is 4.66. The summed E-state index contributed by atoms with van der Waals surface area (Å²) >= 11 is 12.1. The highest BCUT2D eigenvalue weighted by molar-refractivity contribution is 6.31. The minimum atomic E-state index is -1.18. The molecule has 29 heavy (non-hydrogen) atoms. The Morgan fingerprint density at radius 1 is 1.00 bits per heavy atom. The van der Waals surface area contributed by atoms with Crippen LogP contribution in [-0.2, 0) is 10.2 Å². The van der Waals surface area contributed by atoms with Gasteiger partial charge >= 0.3 is 0 Å². The lowest BCUT2D eigenvalue weighted by atomic mass is 9.90. The zero-order valence-corrected chi connectivity index (χ0v) is 16.5. The predicted octanol–water partition coefficient (Wildman–Crippen LogP) is 5.62. The predicted molar refractivity (Wildman–Crippen MR) is 110 cm³/mol. The van der Waals surface area contributed by atoms with E-state index in [1.165, 1.54) is 6.07 Å². The molecule has 3 aromatic carbocycles. The van der Waals surface area contributed by atoms with E-state index < -0.39 is 23.1 Å². The highest BCUT2D eigenvalue weighted by atomic mass is 35.5. The van der Waals surface area contributed by atoms with Crippen LogP contribution in [0.15, 0.2) is 66.7 Å². The van der Waals surface area contributed by atoms with Gasteiger partial charge in [-0.3, -0.25) is 9.59 Å². The van der Waals surface area contributed by atoms with Crippen molar-refractivity contribution in [2.45, 2.75) is 11.3 Å². The molecule has 3 atom stereocenters. The van der Waals surface area contributed by atoms with E-state index in [-0.39, 0.29) is 22.3 Å². The number of anilines is 1. The Balaban J connectivity index is 1.71. The van der Waals surface area contributed by atoms with Crippen LogP contribution in [0.5, 0.6) is 0 Å². The van der Waals surface area contributed by atoms with E-state index in [0.717, 1.165) is 0 Å². The van der Waals surface area contributed by atoms with Crippen LogP contribution in [0.2, 0.25) is 10.0 Å². The number of amides is 1. The number of rotatable bonds is 3. The number of halogens is 3. The molecule has 144 valence electrons. The van der Waals surface area contributed by atoms with Crippen LogP contribution in [0, 0.1) is 11.7 Å². The second-order valence-corrected chi connectivity index (χ2v) is 8.19. The van der Waals surface area contributed by atoms with Crippen LogP contribution < -0.4 is 5.32 Å². The summed E-state index contributed by atoms with van der Waals surface area (Å²) in [6, 6.07) is 18.5. The van der Waals surface area contributed by atoms with Crippen LogP contribution in [-0.4, -0.2) is 11.7 Å². The van der Waals surface area contributed by atoms with E-state index in [4.69, 9.17) is 23.2 Å². The van der Waals surface area contributed by atoms with E-state index in [2.05, 4.69) is 5.32 Å². The Kier molecular flexibility index (Phi) is 4.05. The number of carbonyl (C=O) groups is 2. The van der Waals surface area contributed by atoms with Gasteiger partial charge < -0.3 is 5.32 Å². The van der Waals surface area contributed by atoms with Crippen LogP contribution >= 0.6 is 23.2 Å². The van der Waals surface area contributed by atoms with Gasteiger partial charge in [0.15, 0.2) is 5.78 Å². The van der Waals surface area contributed by atoms with Crippen LogP contribution in [0.25, 0.3) is 0 Å². The second kappa shape index (κ2) is 6.41. The molecule has 0 radical (unpaired) electrons. The van der Waals surface area contributed by atoms with Crippen molar-refractivity contribution in [3.63, 3.8) is 0 Å². The van der Waals surface area contributed by atoms with E-state index in [1.54, 1.807) is 54.6 Å². The van der Waals surface area contributed by atoms with Gasteiger partial charge in [0.25, 0.3) is 0 Å². The molecule has 0 saturated heterocycles. The maximum absolute atomic E-state index is 14.9. The number of hydrogen-bond acceptors (Lipinski definition) is 2. The molecule has 1 aliphatic heterocycles. The Bertz CT molecular complexity index is 1180. The third-order valence-corrected chi connectivity index (χ3v) is 6.44. The lowest BCUT2D eigenvalue weighted by Gasteiger charge is -2.10. The summed E-state index contributed by atoms with van der Waals surface area (Å²) < 4.78 is 14.9. The summed E-state index contributed by atoms with van der Waals surface area (Å²) in [4.78, 5) is 26.6. The molecule has 1 aliphatic carbocycles. The SMILES string of the molecule is O=C(c1ccccc1)[C@H]1[C@H](c2cccc(Cl)c2F)[C@]12C(=O)Nc1cc(Cl)ccc12. The van der Waals surface area contributed by atoms with Crippen molar-refractivity contribution in [1.29, 1.82) is 0 Å². The lowest BCUT2D eigenvalue weighted by molar-refractivity contribution is -0.118. The maximum atomic E-state index is 14.9. The zero-order valence-electron chi connectivity index (χ0n) is 15.0. The molecular weight excluding hydrogens is 412 g/mol. The Labute approximate surface area is 176 Å². The fraction of sp³-hybridized carbons (Fsp3) is 0.130. The molecule has 1 heterocycles. The summed E-state index contributed by atoms with van der Waals surface area (Å²) in [6.07, 6.45) is 0. The molecule has 0 aromatic heterocycles. The maximum Gasteiger partial charge on any atom is 0.236 e. The summed E-state index contributed by atoms with van der Waals surface area (Å²) in [6.45, 7) is 0. The topological polar surface area (TPSA) is 46.2 Å². The summed E-state index contributed by atoms with van der Waals surface area (Å²) in [5, 5.41) is 3.26. The number of Topliss-reactive ketones (excluding diaryl/α,β-unsaturated/α-hetero) is 1. The molecular formula is C23H14Cl2FNO2. The molecule has 0 unspecified atom stereocenters. The molecule has 0 bridgehead atoms. The van der Waals surface area contributed by atoms with Gasteiger partial charge in [-0.15, -0.1) is 0 Å². The number of carbonyl (C=O) groups excluding carboxylic acids is 2. The number of fused-ring (bicyclic) bond motifs is 2. The summed E-state index contributed by atoms with van der Waals surface area (Å²) in [5.74, 6) is -2.52. The van der Waals surface area contributed by atoms with E-state index >= 15 is 0 Å². The van der Waals surface area contributed by atoms with Crippen molar-refractivity contribution in [3.8, 4) is 0 Å². The molecule has 1 fully saturated rings. The van der Waals surface area contributed by atoms with Crippen LogP contribution in [0.1, 0.15) is 27.4 Å². The van der Waals surface area contributed by atoms with Gasteiger partial charge in [-0.05, 0) is 29.3 Å². The zero-order chi connectivity index (χ0) is 20.3. The van der Waals surface area contributed by atoms with Gasteiger partial charge in [-0.1, -0.05) is 71.7 Å². The molecule has 3 nitrogen and oxygen atoms in total. The highest BCUT2D eigenvalue weighted by Crippen LogP contribution is 2.70. The molecule has 6 heteroatoms. The largest absolute Gasteiger partial charge is 0.325 e. The lowest BCUT2D eigenvalue weighted by Crippen LogP contribution is -2.25. The minimum absolute atomic E-state index is 0.0369. The third-order valence-electron chi connectivity index (χ3n) is 5.91. The number of nitrogens with one attached hydrogen (secondary N) is 1. The molecule has 1 spiro atoms. The van der Waals surface area contributed by atoms with E-state index in [1.807, 2.05) is 6.07 Å². The van der Waals surface area contributed by atoms with Crippen molar-refractivity contribution in [3.05, 3.63) is 99.3 Å². The second-order valence-electron chi connectivity index (χ2n) is 7.34. The number of ketones is 1. The third kappa shape index (κ3) is 2.49. The van der Waals surface area contributed by atoms with Gasteiger partial charge in [0.1, 0.15) is 5.82 Å². The van der Waals surface area contributed by atoms with Crippen molar-refractivity contribution < 1.29 is 14.0 Å². The number of hydrogen-bond donors (Lipinski definition) is 1. The summed E-state index contributed by atoms with van der Waals surface area (Å²) in [5.41, 5.74) is 0.781. The van der Waals surface area contributed by atoms with Crippen molar-refractivity contribution >= 4 is 40.6 Å². The van der Waals surface area contributed by atoms with Gasteiger partial charge in [0.2, 0.25) is 5.91 Å². The molecule has 1 N–H and O–H groups in total. The molecule has 5 rings (SSSR count). The molecule has 2 aliphatic rings. The van der Waals surface area contributed by atoms with Crippen molar-refractivity contribution in [2.75, 3.05) is 5.32 Å². The van der Waals surface area contributed by atoms with Crippen LogP contribution in [0.3, 0.4) is 0 Å². The smallest absolute Gasteiger partial charge is 0.236 e. The molecule has 1 amide bonds. The fourth-order valence-corrected chi connectivity index (χ4v) is 5.01. The average Bonchev–Trinajstić information content (AvgIpc) is 3.32. The number of benzene rings is 3. The van der Waals surface area contributed by atoms with Gasteiger partial charge in [-0.2, -0.15) is 0 Å². The van der Waals surface area contributed by atoms with Crippen molar-refractivity contribution in [1.82, 2.24) is 0 Å². The first-order valence-electron chi connectivity index (χ1n) is 9.11. The van der Waals surface area contributed by atoms with Gasteiger partial charge in [0.05, 0.1) is 10.4 Å². The first-order chi connectivity index (χ1) is 14.0. The Morgan fingerprint density at radius 3 is 2.52 bits per heavy atom. The van der Waals surface area contributed by atoms with Crippen LogP contribution in [0.4, 0.5) is 10.1 Å². The average molecular weight is 426 g/mol. The highest BCUT2D eigenvalue weighted by Gasteiger charge is 2.76. The van der Waals surface area contributed by atoms with Gasteiger partial charge in [-0.25, -0.2) is 4.39 Å². The Morgan fingerprint density at radius 2 is 1.76 bits per heavy atom. The summed E-state index contributed by atoms with van der Waals surface area (Å²) in [7, 11) is 0. The first kappa shape index (κ1) is 18.3. The molecule has 3 aromatic rings.